The lowest BCUT2D eigenvalue weighted by Crippen LogP contribution is -2.24. The van der Waals surface area contributed by atoms with Crippen molar-refractivity contribution in [2.24, 2.45) is 0 Å². The first-order valence-corrected chi connectivity index (χ1v) is 9.45. The molecule has 7 heteroatoms. The summed E-state index contributed by atoms with van der Waals surface area (Å²) in [6.07, 6.45) is 0.837. The van der Waals surface area contributed by atoms with E-state index in [1.54, 1.807) is 6.07 Å². The minimum atomic E-state index is -0.256. The number of fused-ring (bicyclic) bond motifs is 3. The molecule has 4 aromatic rings. The van der Waals surface area contributed by atoms with Crippen molar-refractivity contribution >= 4 is 33.7 Å². The van der Waals surface area contributed by atoms with Crippen LogP contribution in [0.5, 0.6) is 5.75 Å². The maximum atomic E-state index is 12.4. The highest BCUT2D eigenvalue weighted by Gasteiger charge is 2.13. The third kappa shape index (κ3) is 4.03. The number of nitrogens with zero attached hydrogens (tertiary/aromatic N) is 2. The molecule has 2 aromatic carbocycles. The summed E-state index contributed by atoms with van der Waals surface area (Å²) in [4.78, 5) is 21.9. The fourth-order valence-corrected chi connectivity index (χ4v) is 3.32. The van der Waals surface area contributed by atoms with Crippen molar-refractivity contribution in [3.05, 3.63) is 69.7 Å². The van der Waals surface area contributed by atoms with Crippen molar-refractivity contribution in [1.82, 2.24) is 14.9 Å². The molecular formula is C21H20ClN3O3. The van der Waals surface area contributed by atoms with Gasteiger partial charge in [-0.05, 0) is 43.8 Å². The summed E-state index contributed by atoms with van der Waals surface area (Å²) in [6.45, 7) is 1.91. The van der Waals surface area contributed by atoms with E-state index < -0.39 is 0 Å². The van der Waals surface area contributed by atoms with Crippen LogP contribution >= 0.6 is 11.6 Å². The number of nitrogens with one attached hydrogen (secondary N) is 1. The minimum Gasteiger partial charge on any atom is -0.493 e. The van der Waals surface area contributed by atoms with Crippen LogP contribution in [0.25, 0.3) is 22.1 Å². The highest BCUT2D eigenvalue weighted by molar-refractivity contribution is 6.30. The van der Waals surface area contributed by atoms with Crippen LogP contribution < -0.4 is 10.3 Å². The third-order valence-corrected chi connectivity index (χ3v) is 4.68. The van der Waals surface area contributed by atoms with Crippen molar-refractivity contribution in [3.8, 4) is 5.75 Å². The number of halogens is 1. The summed E-state index contributed by atoms with van der Waals surface area (Å²) in [5.41, 5.74) is 1.28. The number of furan rings is 1. The molecular weight excluding hydrogens is 378 g/mol. The zero-order valence-electron chi connectivity index (χ0n) is 15.4. The van der Waals surface area contributed by atoms with Crippen LogP contribution in [-0.4, -0.2) is 35.1 Å². The van der Waals surface area contributed by atoms with E-state index in [-0.39, 0.29) is 11.1 Å². The van der Waals surface area contributed by atoms with E-state index in [0.29, 0.717) is 35.1 Å². The van der Waals surface area contributed by atoms with Crippen LogP contribution in [0.3, 0.4) is 0 Å². The van der Waals surface area contributed by atoms with Gasteiger partial charge in [0.25, 0.3) is 5.56 Å². The molecule has 0 unspecified atom stereocenters. The largest absolute Gasteiger partial charge is 0.493 e. The van der Waals surface area contributed by atoms with E-state index in [4.69, 9.17) is 20.8 Å². The molecule has 0 saturated heterocycles. The maximum Gasteiger partial charge on any atom is 0.294 e. The predicted octanol–water partition coefficient (Wildman–Crippen LogP) is 4.22. The molecule has 28 heavy (non-hydrogen) atoms. The first-order chi connectivity index (χ1) is 13.6. The maximum absolute atomic E-state index is 12.4. The molecule has 0 aliphatic heterocycles. The highest BCUT2D eigenvalue weighted by Crippen LogP contribution is 2.24. The van der Waals surface area contributed by atoms with Gasteiger partial charge in [-0.1, -0.05) is 29.8 Å². The Morgan fingerprint density at radius 3 is 2.93 bits per heavy atom. The van der Waals surface area contributed by atoms with E-state index >= 15 is 0 Å². The van der Waals surface area contributed by atoms with E-state index in [1.165, 1.54) is 0 Å². The minimum absolute atomic E-state index is 0.256. The van der Waals surface area contributed by atoms with Crippen LogP contribution in [0, 0.1) is 0 Å². The van der Waals surface area contributed by atoms with Crippen molar-refractivity contribution in [3.63, 3.8) is 0 Å². The zero-order chi connectivity index (χ0) is 19.5. The Bertz CT molecular complexity index is 1170. The molecule has 4 rings (SSSR count). The Labute approximate surface area is 166 Å². The standard InChI is InChI=1S/C21H20ClN3O3/c1-25(10-5-11-27-15-7-4-6-14(22)12-15)13-18-23-19-16-8-2-3-9-17(16)28-20(19)21(26)24-18/h2-4,6-9,12H,5,10-11,13H2,1H3,(H,23,24,26). The second-order valence-corrected chi connectivity index (χ2v) is 7.12. The summed E-state index contributed by atoms with van der Waals surface area (Å²) in [6, 6.07) is 14.9. The lowest BCUT2D eigenvalue weighted by atomic mass is 10.2. The first-order valence-electron chi connectivity index (χ1n) is 9.07. The van der Waals surface area contributed by atoms with Gasteiger partial charge < -0.3 is 14.1 Å². The van der Waals surface area contributed by atoms with Crippen molar-refractivity contribution in [1.29, 1.82) is 0 Å². The number of hydrogen-bond donors (Lipinski definition) is 1. The van der Waals surface area contributed by atoms with Gasteiger partial charge in [0.15, 0.2) is 0 Å². The van der Waals surface area contributed by atoms with Gasteiger partial charge >= 0.3 is 0 Å². The van der Waals surface area contributed by atoms with Crippen molar-refractivity contribution < 1.29 is 9.15 Å². The number of aromatic nitrogens is 2. The first kappa shape index (κ1) is 18.5. The lowest BCUT2D eigenvalue weighted by molar-refractivity contribution is 0.256. The summed E-state index contributed by atoms with van der Waals surface area (Å²) < 4.78 is 11.3. The molecule has 0 saturated carbocycles. The Morgan fingerprint density at radius 2 is 2.07 bits per heavy atom. The molecule has 0 bridgehead atoms. The number of rotatable bonds is 7. The molecule has 0 aliphatic carbocycles. The lowest BCUT2D eigenvalue weighted by Gasteiger charge is -2.16. The van der Waals surface area contributed by atoms with Gasteiger partial charge in [-0.15, -0.1) is 0 Å². The van der Waals surface area contributed by atoms with Gasteiger partial charge in [-0.2, -0.15) is 0 Å². The number of H-pyrrole nitrogens is 1. The van der Waals surface area contributed by atoms with Gasteiger partial charge in [0.1, 0.15) is 22.7 Å². The Morgan fingerprint density at radius 1 is 1.21 bits per heavy atom. The average molecular weight is 398 g/mol. The highest BCUT2D eigenvalue weighted by atomic mass is 35.5. The molecule has 0 atom stereocenters. The molecule has 6 nitrogen and oxygen atoms in total. The van der Waals surface area contributed by atoms with Crippen LogP contribution in [0.4, 0.5) is 0 Å². The van der Waals surface area contributed by atoms with Crippen LogP contribution in [0.15, 0.2) is 57.7 Å². The quantitative estimate of drug-likeness (QED) is 0.473. The average Bonchev–Trinajstić information content (AvgIpc) is 3.05. The summed E-state index contributed by atoms with van der Waals surface area (Å²) in [5.74, 6) is 1.38. The van der Waals surface area contributed by atoms with Gasteiger partial charge in [-0.3, -0.25) is 9.69 Å². The van der Waals surface area contributed by atoms with Crippen LogP contribution in [0.1, 0.15) is 12.2 Å². The fourth-order valence-electron chi connectivity index (χ4n) is 3.14. The molecule has 2 heterocycles. The van der Waals surface area contributed by atoms with E-state index in [9.17, 15) is 4.79 Å². The molecule has 0 radical (unpaired) electrons. The fraction of sp³-hybridized carbons (Fsp3) is 0.238. The van der Waals surface area contributed by atoms with Gasteiger partial charge in [0.2, 0.25) is 5.58 Å². The van der Waals surface area contributed by atoms with Crippen LogP contribution in [0.2, 0.25) is 5.02 Å². The monoisotopic (exact) mass is 397 g/mol. The zero-order valence-corrected chi connectivity index (χ0v) is 16.2. The molecule has 144 valence electrons. The van der Waals surface area contributed by atoms with E-state index in [0.717, 1.165) is 24.1 Å². The topological polar surface area (TPSA) is 71.4 Å². The SMILES string of the molecule is CN(CCCOc1cccc(Cl)c1)Cc1nc2c(oc3ccccc32)c(=O)[nH]1. The smallest absolute Gasteiger partial charge is 0.294 e. The number of aromatic amines is 1. The molecule has 0 aliphatic rings. The Hall–Kier alpha value is -2.83. The van der Waals surface area contributed by atoms with E-state index in [1.807, 2.05) is 49.5 Å². The van der Waals surface area contributed by atoms with Gasteiger partial charge in [-0.25, -0.2) is 4.98 Å². The second kappa shape index (κ2) is 8.04. The number of hydrogen-bond acceptors (Lipinski definition) is 5. The summed E-state index contributed by atoms with van der Waals surface area (Å²) >= 11 is 5.95. The van der Waals surface area contributed by atoms with Crippen LogP contribution in [-0.2, 0) is 6.54 Å². The van der Waals surface area contributed by atoms with Gasteiger partial charge in [0.05, 0.1) is 13.2 Å². The van der Waals surface area contributed by atoms with Crippen molar-refractivity contribution in [2.75, 3.05) is 20.2 Å². The third-order valence-electron chi connectivity index (χ3n) is 4.45. The molecule has 0 fully saturated rings. The molecule has 0 amide bonds. The summed E-state index contributed by atoms with van der Waals surface area (Å²) in [5, 5.41) is 1.51. The Balaban J connectivity index is 1.39. The number of ether oxygens (including phenoxy) is 1. The molecule has 0 spiro atoms. The summed E-state index contributed by atoms with van der Waals surface area (Å²) in [7, 11) is 1.98. The normalized spacial score (nSPS) is 11.5. The van der Waals surface area contributed by atoms with E-state index in [2.05, 4.69) is 14.9 Å². The Kier molecular flexibility index (Phi) is 5.32. The van der Waals surface area contributed by atoms with Crippen molar-refractivity contribution in [2.45, 2.75) is 13.0 Å². The second-order valence-electron chi connectivity index (χ2n) is 6.69. The molecule has 1 N–H and O–H groups in total. The predicted molar refractivity (Wildman–Crippen MR) is 110 cm³/mol. The number of benzene rings is 2. The number of para-hydroxylation sites is 1. The molecule has 2 aromatic heterocycles. The van der Waals surface area contributed by atoms with Gasteiger partial charge in [0, 0.05) is 17.0 Å².